The lowest BCUT2D eigenvalue weighted by Gasteiger charge is -2.20. The first kappa shape index (κ1) is 20.8. The Morgan fingerprint density at radius 3 is 2.39 bits per heavy atom. The minimum absolute atomic E-state index is 0.136. The molecule has 4 rings (SSSR count). The monoisotopic (exact) mass is 415 g/mol. The van der Waals surface area contributed by atoms with Crippen molar-refractivity contribution in [1.82, 2.24) is 10.2 Å². The highest BCUT2D eigenvalue weighted by Gasteiger charge is 2.13. The van der Waals surface area contributed by atoms with Gasteiger partial charge in [0.1, 0.15) is 0 Å². The Kier molecular flexibility index (Phi) is 6.46. The van der Waals surface area contributed by atoms with Crippen molar-refractivity contribution in [2.24, 2.45) is 0 Å². The number of carbonyl (C=O) groups is 1. The van der Waals surface area contributed by atoms with Gasteiger partial charge in [0.05, 0.1) is 5.69 Å². The van der Waals surface area contributed by atoms with Crippen LogP contribution in [-0.4, -0.2) is 43.3 Å². The van der Waals surface area contributed by atoms with Gasteiger partial charge in [-0.1, -0.05) is 31.0 Å². The summed E-state index contributed by atoms with van der Waals surface area (Å²) in [7, 11) is 3.92. The molecule has 1 fully saturated rings. The maximum absolute atomic E-state index is 12.7. The van der Waals surface area contributed by atoms with Crippen LogP contribution in [-0.2, 0) is 0 Å². The standard InChI is InChI=1S/C25H29N5O/c1-29(2)22-12-8-10-20(18-22)25(31)26-21-11-7-9-19(17-21)23-13-14-24(28-27-23)30-15-5-3-4-6-16-30/h7-14,17-18H,3-6,15-16H2,1-2H3,(H,26,31). The maximum Gasteiger partial charge on any atom is 0.255 e. The van der Waals surface area contributed by atoms with Crippen molar-refractivity contribution >= 4 is 23.1 Å². The molecule has 0 bridgehead atoms. The van der Waals surface area contributed by atoms with Crippen molar-refractivity contribution < 1.29 is 4.79 Å². The van der Waals surface area contributed by atoms with Gasteiger partial charge < -0.3 is 15.1 Å². The topological polar surface area (TPSA) is 61.4 Å². The molecule has 31 heavy (non-hydrogen) atoms. The van der Waals surface area contributed by atoms with Crippen LogP contribution in [0, 0.1) is 0 Å². The zero-order valence-corrected chi connectivity index (χ0v) is 18.2. The predicted octanol–water partition coefficient (Wildman–Crippen LogP) is 4.84. The summed E-state index contributed by atoms with van der Waals surface area (Å²) in [5, 5.41) is 11.9. The lowest BCUT2D eigenvalue weighted by Crippen LogP contribution is -2.25. The van der Waals surface area contributed by atoms with E-state index in [0.717, 1.165) is 41.5 Å². The number of amides is 1. The summed E-state index contributed by atoms with van der Waals surface area (Å²) >= 11 is 0. The van der Waals surface area contributed by atoms with E-state index in [9.17, 15) is 4.79 Å². The van der Waals surface area contributed by atoms with E-state index < -0.39 is 0 Å². The third-order valence-electron chi connectivity index (χ3n) is 5.62. The number of nitrogens with one attached hydrogen (secondary N) is 1. The van der Waals surface area contributed by atoms with E-state index in [1.807, 2.05) is 79.7 Å². The van der Waals surface area contributed by atoms with E-state index >= 15 is 0 Å². The number of anilines is 3. The largest absolute Gasteiger partial charge is 0.378 e. The van der Waals surface area contributed by atoms with Gasteiger partial charge >= 0.3 is 0 Å². The van der Waals surface area contributed by atoms with Crippen LogP contribution in [0.3, 0.4) is 0 Å². The summed E-state index contributed by atoms with van der Waals surface area (Å²) in [5.41, 5.74) is 4.06. The molecule has 1 aliphatic rings. The van der Waals surface area contributed by atoms with E-state index in [4.69, 9.17) is 0 Å². The molecule has 0 aliphatic carbocycles. The molecule has 2 heterocycles. The van der Waals surface area contributed by atoms with E-state index in [0.29, 0.717) is 5.56 Å². The molecule has 160 valence electrons. The first-order chi connectivity index (χ1) is 15.1. The highest BCUT2D eigenvalue weighted by Crippen LogP contribution is 2.24. The molecule has 1 N–H and O–H groups in total. The average molecular weight is 416 g/mol. The Morgan fingerprint density at radius 2 is 1.68 bits per heavy atom. The van der Waals surface area contributed by atoms with Gasteiger partial charge in [-0.2, -0.15) is 0 Å². The lowest BCUT2D eigenvalue weighted by atomic mass is 10.1. The normalized spacial score (nSPS) is 14.1. The highest BCUT2D eigenvalue weighted by molar-refractivity contribution is 6.05. The summed E-state index contributed by atoms with van der Waals surface area (Å²) < 4.78 is 0. The molecule has 1 amide bonds. The Bertz CT molecular complexity index is 1020. The Labute approximate surface area is 183 Å². The zero-order valence-electron chi connectivity index (χ0n) is 18.2. The number of hydrogen-bond acceptors (Lipinski definition) is 5. The van der Waals surface area contributed by atoms with Crippen molar-refractivity contribution in [3.8, 4) is 11.3 Å². The lowest BCUT2D eigenvalue weighted by molar-refractivity contribution is 0.102. The van der Waals surface area contributed by atoms with Gasteiger partial charge in [0, 0.05) is 49.7 Å². The number of carbonyl (C=O) groups excluding carboxylic acids is 1. The van der Waals surface area contributed by atoms with Crippen LogP contribution in [0.25, 0.3) is 11.3 Å². The van der Waals surface area contributed by atoms with Crippen molar-refractivity contribution in [3.63, 3.8) is 0 Å². The Morgan fingerprint density at radius 1 is 0.903 bits per heavy atom. The highest BCUT2D eigenvalue weighted by atomic mass is 16.1. The summed E-state index contributed by atoms with van der Waals surface area (Å²) in [6.07, 6.45) is 5.01. The summed E-state index contributed by atoms with van der Waals surface area (Å²) in [6, 6.07) is 19.3. The van der Waals surface area contributed by atoms with Crippen LogP contribution in [0.5, 0.6) is 0 Å². The van der Waals surface area contributed by atoms with Crippen molar-refractivity contribution in [1.29, 1.82) is 0 Å². The van der Waals surface area contributed by atoms with Gasteiger partial charge in [-0.05, 0) is 55.3 Å². The number of benzene rings is 2. The second-order valence-corrected chi connectivity index (χ2v) is 8.16. The van der Waals surface area contributed by atoms with Crippen LogP contribution < -0.4 is 15.1 Å². The summed E-state index contributed by atoms with van der Waals surface area (Å²) in [6.45, 7) is 2.09. The molecule has 6 heteroatoms. The molecule has 6 nitrogen and oxygen atoms in total. The molecular weight excluding hydrogens is 386 g/mol. The van der Waals surface area contributed by atoms with Crippen molar-refractivity contribution in [2.75, 3.05) is 42.3 Å². The molecular formula is C25H29N5O. The smallest absolute Gasteiger partial charge is 0.255 e. The van der Waals surface area contributed by atoms with E-state index in [-0.39, 0.29) is 5.91 Å². The summed E-state index contributed by atoms with van der Waals surface area (Å²) in [4.78, 5) is 17.0. The van der Waals surface area contributed by atoms with Crippen LogP contribution in [0.1, 0.15) is 36.0 Å². The van der Waals surface area contributed by atoms with Crippen LogP contribution in [0.4, 0.5) is 17.2 Å². The maximum atomic E-state index is 12.7. The second kappa shape index (κ2) is 9.60. The number of aromatic nitrogens is 2. The quantitative estimate of drug-likeness (QED) is 0.646. The van der Waals surface area contributed by atoms with Gasteiger partial charge in [-0.3, -0.25) is 4.79 Å². The van der Waals surface area contributed by atoms with E-state index in [1.165, 1.54) is 25.7 Å². The number of nitrogens with zero attached hydrogens (tertiary/aromatic N) is 4. The Hall–Kier alpha value is -3.41. The molecule has 1 aromatic heterocycles. The van der Waals surface area contributed by atoms with Gasteiger partial charge in [0.15, 0.2) is 5.82 Å². The van der Waals surface area contributed by atoms with Gasteiger partial charge in [-0.15, -0.1) is 10.2 Å². The first-order valence-electron chi connectivity index (χ1n) is 10.9. The number of rotatable bonds is 5. The van der Waals surface area contributed by atoms with Crippen molar-refractivity contribution in [3.05, 3.63) is 66.2 Å². The molecule has 0 saturated carbocycles. The summed E-state index contributed by atoms with van der Waals surface area (Å²) in [5.74, 6) is 0.805. The molecule has 0 unspecified atom stereocenters. The van der Waals surface area contributed by atoms with Gasteiger partial charge in [0.25, 0.3) is 5.91 Å². The molecule has 1 saturated heterocycles. The molecule has 0 radical (unpaired) electrons. The Balaban J connectivity index is 1.48. The molecule has 2 aromatic carbocycles. The molecule has 3 aromatic rings. The van der Waals surface area contributed by atoms with Crippen LogP contribution in [0.15, 0.2) is 60.7 Å². The SMILES string of the molecule is CN(C)c1cccc(C(=O)Nc2cccc(-c3ccc(N4CCCCCC4)nn3)c2)c1. The third-order valence-corrected chi connectivity index (χ3v) is 5.62. The predicted molar refractivity (Wildman–Crippen MR) is 127 cm³/mol. The van der Waals surface area contributed by atoms with Crippen LogP contribution in [0.2, 0.25) is 0 Å². The van der Waals surface area contributed by atoms with Crippen molar-refractivity contribution in [2.45, 2.75) is 25.7 Å². The molecule has 1 aliphatic heterocycles. The first-order valence-corrected chi connectivity index (χ1v) is 10.9. The fourth-order valence-corrected chi connectivity index (χ4v) is 3.83. The zero-order chi connectivity index (χ0) is 21.6. The number of hydrogen-bond donors (Lipinski definition) is 1. The molecule has 0 atom stereocenters. The fourth-order valence-electron chi connectivity index (χ4n) is 3.83. The minimum Gasteiger partial charge on any atom is -0.378 e. The van der Waals surface area contributed by atoms with Gasteiger partial charge in [-0.25, -0.2) is 0 Å². The van der Waals surface area contributed by atoms with Gasteiger partial charge in [0.2, 0.25) is 0 Å². The van der Waals surface area contributed by atoms with Crippen LogP contribution >= 0.6 is 0 Å². The van der Waals surface area contributed by atoms with E-state index in [2.05, 4.69) is 20.4 Å². The molecule has 0 spiro atoms. The third kappa shape index (κ3) is 5.20. The van der Waals surface area contributed by atoms with E-state index in [1.54, 1.807) is 0 Å². The fraction of sp³-hybridized carbons (Fsp3) is 0.320. The second-order valence-electron chi connectivity index (χ2n) is 8.16. The minimum atomic E-state index is -0.136. The average Bonchev–Trinajstić information content (AvgIpc) is 3.09.